The van der Waals surface area contributed by atoms with E-state index >= 15 is 0 Å². The van der Waals surface area contributed by atoms with Crippen LogP contribution in [0.1, 0.15) is 32.8 Å². The van der Waals surface area contributed by atoms with E-state index in [1.807, 2.05) is 19.9 Å². The molecule has 1 amide bonds. The average Bonchev–Trinajstić information content (AvgIpc) is 2.86. The molecular formula is C27H34FN3O6S. The first-order chi connectivity index (χ1) is 17.7. The molecule has 3 N–H and O–H groups in total. The minimum Gasteiger partial charge on any atom is -0.377 e. The lowest BCUT2D eigenvalue weighted by atomic mass is 10.00. The molecule has 0 unspecified atom stereocenters. The SMILES string of the molecule is COC(C)(C)CNCc1ccc(-c2ccc3c(=O)n(CC[C@](C)(C(=O)NO)S(C)(=O)=O)ccc3c2)c(F)c1. The monoisotopic (exact) mass is 547 g/mol. The van der Waals surface area contributed by atoms with Gasteiger partial charge in [0, 0.05) is 50.1 Å². The summed E-state index contributed by atoms with van der Waals surface area (Å²) in [5.41, 5.74) is 2.48. The highest BCUT2D eigenvalue weighted by Crippen LogP contribution is 2.27. The smallest absolute Gasteiger partial charge is 0.264 e. The Hall–Kier alpha value is -3.12. The topological polar surface area (TPSA) is 127 Å². The summed E-state index contributed by atoms with van der Waals surface area (Å²) >= 11 is 0. The van der Waals surface area contributed by atoms with Crippen molar-refractivity contribution in [2.75, 3.05) is 19.9 Å². The second-order valence-corrected chi connectivity index (χ2v) is 12.6. The third-order valence-corrected chi connectivity index (χ3v) is 9.01. The summed E-state index contributed by atoms with van der Waals surface area (Å²) in [4.78, 5) is 25.1. The van der Waals surface area contributed by atoms with Gasteiger partial charge in [-0.15, -0.1) is 0 Å². The van der Waals surface area contributed by atoms with Gasteiger partial charge < -0.3 is 14.6 Å². The molecule has 1 heterocycles. The molecule has 38 heavy (non-hydrogen) atoms. The summed E-state index contributed by atoms with van der Waals surface area (Å²) in [6, 6.07) is 11.7. The Morgan fingerprint density at radius 1 is 1.13 bits per heavy atom. The summed E-state index contributed by atoms with van der Waals surface area (Å²) in [6.07, 6.45) is 2.18. The predicted molar refractivity (Wildman–Crippen MR) is 144 cm³/mol. The van der Waals surface area contributed by atoms with Crippen LogP contribution >= 0.6 is 0 Å². The van der Waals surface area contributed by atoms with E-state index < -0.39 is 20.5 Å². The molecule has 3 aromatic rings. The van der Waals surface area contributed by atoms with Crippen molar-refractivity contribution in [2.24, 2.45) is 0 Å². The number of benzene rings is 2. The first-order valence-corrected chi connectivity index (χ1v) is 13.9. The number of fused-ring (bicyclic) bond motifs is 1. The number of halogens is 1. The van der Waals surface area contributed by atoms with E-state index in [1.54, 1.807) is 37.4 Å². The highest BCUT2D eigenvalue weighted by atomic mass is 32.2. The molecule has 1 atom stereocenters. The van der Waals surface area contributed by atoms with Crippen LogP contribution < -0.4 is 16.4 Å². The van der Waals surface area contributed by atoms with E-state index in [2.05, 4.69) is 5.32 Å². The summed E-state index contributed by atoms with van der Waals surface area (Å²) in [5.74, 6) is -1.45. The van der Waals surface area contributed by atoms with Gasteiger partial charge in [-0.25, -0.2) is 18.3 Å². The Labute approximate surface area is 221 Å². The number of carbonyl (C=O) groups excluding carboxylic acids is 1. The Morgan fingerprint density at radius 2 is 1.84 bits per heavy atom. The molecular weight excluding hydrogens is 513 g/mol. The van der Waals surface area contributed by atoms with Gasteiger partial charge in [0.1, 0.15) is 5.82 Å². The Bertz CT molecular complexity index is 1500. The number of nitrogens with one attached hydrogen (secondary N) is 2. The van der Waals surface area contributed by atoms with Crippen molar-refractivity contribution in [2.45, 2.75) is 50.6 Å². The lowest BCUT2D eigenvalue weighted by Crippen LogP contribution is -2.49. The number of hydrogen-bond donors (Lipinski definition) is 3. The van der Waals surface area contributed by atoms with Crippen LogP contribution in [0.25, 0.3) is 21.9 Å². The number of amides is 1. The maximum absolute atomic E-state index is 15.0. The number of sulfone groups is 1. The van der Waals surface area contributed by atoms with Gasteiger partial charge in [-0.3, -0.25) is 14.8 Å². The van der Waals surface area contributed by atoms with Gasteiger partial charge in [-0.05, 0) is 68.0 Å². The molecule has 0 radical (unpaired) electrons. The molecule has 11 heteroatoms. The van der Waals surface area contributed by atoms with Crippen LogP contribution in [0.4, 0.5) is 4.39 Å². The van der Waals surface area contributed by atoms with Gasteiger partial charge in [0.25, 0.3) is 11.5 Å². The summed E-state index contributed by atoms with van der Waals surface area (Å²) in [6.45, 7) is 6.14. The first-order valence-electron chi connectivity index (χ1n) is 12.0. The number of ether oxygens (including phenoxy) is 1. The summed E-state index contributed by atoms with van der Waals surface area (Å²) in [7, 11) is -2.25. The number of nitrogens with zero attached hydrogens (tertiary/aromatic N) is 1. The molecule has 0 saturated heterocycles. The van der Waals surface area contributed by atoms with Gasteiger partial charge in [0.05, 0.1) is 5.60 Å². The van der Waals surface area contributed by atoms with Crippen LogP contribution in [0.2, 0.25) is 0 Å². The lowest BCUT2D eigenvalue weighted by Gasteiger charge is -2.25. The normalized spacial score (nSPS) is 13.9. The zero-order valence-corrected chi connectivity index (χ0v) is 23.0. The highest BCUT2D eigenvalue weighted by Gasteiger charge is 2.43. The van der Waals surface area contributed by atoms with Gasteiger partial charge in [-0.1, -0.05) is 18.2 Å². The molecule has 0 saturated carbocycles. The molecule has 3 rings (SSSR count). The molecule has 9 nitrogen and oxygen atoms in total. The Morgan fingerprint density at radius 3 is 2.45 bits per heavy atom. The van der Waals surface area contributed by atoms with Crippen molar-refractivity contribution < 1.29 is 27.5 Å². The van der Waals surface area contributed by atoms with Crippen LogP contribution in [0, 0.1) is 5.82 Å². The quantitative estimate of drug-likeness (QED) is 0.249. The third-order valence-electron chi connectivity index (χ3n) is 6.98. The van der Waals surface area contributed by atoms with Crippen LogP contribution in [-0.2, 0) is 32.5 Å². The maximum Gasteiger partial charge on any atom is 0.264 e. The first kappa shape index (κ1) is 29.4. The minimum absolute atomic E-state index is 0.0702. The van der Waals surface area contributed by atoms with E-state index in [-0.39, 0.29) is 29.9 Å². The van der Waals surface area contributed by atoms with Gasteiger partial charge in [-0.2, -0.15) is 0 Å². The van der Waals surface area contributed by atoms with Crippen LogP contribution in [0.5, 0.6) is 0 Å². The minimum atomic E-state index is -3.89. The summed E-state index contributed by atoms with van der Waals surface area (Å²) in [5, 5.41) is 13.2. The molecule has 2 aromatic carbocycles. The molecule has 0 fully saturated rings. The predicted octanol–water partition coefficient (Wildman–Crippen LogP) is 3.02. The number of carbonyl (C=O) groups is 1. The van der Waals surface area contributed by atoms with Gasteiger partial charge in [0.15, 0.2) is 14.6 Å². The third kappa shape index (κ3) is 6.29. The Balaban J connectivity index is 1.82. The molecule has 0 aliphatic rings. The zero-order chi connectivity index (χ0) is 28.3. The van der Waals surface area contributed by atoms with E-state index in [0.717, 1.165) is 11.8 Å². The number of aryl methyl sites for hydroxylation is 1. The zero-order valence-electron chi connectivity index (χ0n) is 22.2. The van der Waals surface area contributed by atoms with Crippen molar-refractivity contribution in [1.82, 2.24) is 15.4 Å². The lowest BCUT2D eigenvalue weighted by molar-refractivity contribution is -0.131. The van der Waals surface area contributed by atoms with Crippen LogP contribution in [0.15, 0.2) is 53.5 Å². The fraction of sp³-hybridized carbons (Fsp3) is 0.407. The second kappa shape index (κ2) is 11.3. The molecule has 0 aliphatic heterocycles. The molecule has 0 spiro atoms. The van der Waals surface area contributed by atoms with Crippen molar-refractivity contribution in [3.8, 4) is 11.1 Å². The number of hydrogen-bond acceptors (Lipinski definition) is 7. The molecule has 0 bridgehead atoms. The van der Waals surface area contributed by atoms with Crippen LogP contribution in [0.3, 0.4) is 0 Å². The molecule has 0 aliphatic carbocycles. The van der Waals surface area contributed by atoms with E-state index in [4.69, 9.17) is 9.94 Å². The van der Waals surface area contributed by atoms with Crippen molar-refractivity contribution >= 4 is 26.5 Å². The number of pyridine rings is 1. The van der Waals surface area contributed by atoms with Crippen LogP contribution in [-0.4, -0.2) is 54.4 Å². The van der Waals surface area contributed by atoms with E-state index in [1.165, 1.54) is 29.2 Å². The fourth-order valence-corrected chi connectivity index (χ4v) is 4.88. The van der Waals surface area contributed by atoms with Gasteiger partial charge in [0.2, 0.25) is 0 Å². The standard InChI is InChI=1S/C27H34FN3O6S/c1-26(2,37-4)17-29-16-18-6-8-21(23(28)14-18)19-7-9-22-20(15-19)10-12-31(24(22)32)13-11-27(3,25(33)30-34)38(5,35)36/h6-10,12,14-15,29,34H,11,13,16-17H2,1-5H3,(H,30,33)/t27-/m1/s1. The van der Waals surface area contributed by atoms with E-state index in [9.17, 15) is 22.4 Å². The maximum atomic E-state index is 15.0. The van der Waals surface area contributed by atoms with Crippen molar-refractivity contribution in [3.05, 3.63) is 70.4 Å². The summed E-state index contributed by atoms with van der Waals surface area (Å²) < 4.78 is 44.2. The second-order valence-electron chi connectivity index (χ2n) is 10.2. The van der Waals surface area contributed by atoms with Gasteiger partial charge >= 0.3 is 0 Å². The molecule has 1 aromatic heterocycles. The van der Waals surface area contributed by atoms with Crippen molar-refractivity contribution in [3.63, 3.8) is 0 Å². The fourth-order valence-electron chi connectivity index (χ4n) is 4.03. The molecule has 206 valence electrons. The number of hydroxylamine groups is 1. The number of rotatable bonds is 11. The number of aromatic nitrogens is 1. The van der Waals surface area contributed by atoms with Crippen molar-refractivity contribution in [1.29, 1.82) is 0 Å². The highest BCUT2D eigenvalue weighted by molar-refractivity contribution is 7.92. The number of methoxy groups -OCH3 is 1. The largest absolute Gasteiger partial charge is 0.377 e. The van der Waals surface area contributed by atoms with E-state index in [0.29, 0.717) is 35.0 Å². The Kier molecular flexibility index (Phi) is 8.77. The average molecular weight is 548 g/mol.